The minimum atomic E-state index is -4.46. The largest absolute Gasteiger partial charge is 0.472 e. The quantitative estimate of drug-likeness (QED) is 0.0156. The molecule has 0 spiro atoms. The number of carbonyl (C=O) groups excluding carboxylic acids is 2. The number of allylic oxidation sites excluding steroid dienone is 13. The standard InChI is InChI=1S/C61H109N2O7P/c1-7-10-13-16-19-22-25-28-30-31-33-35-38-41-44-47-50-53-60(64)62-58(57-69-71(66,67)68-56-55-63(4,5)6)59(52-49-46-43-40-37-34-27-24-21-18-15-12-9-3)70-61(65)54-51-48-45-42-39-36-32-29-26-23-20-17-14-11-8-2/h10,13,16,19,22,25,28,30-31,33,35,38,49,52,58-59H,7-9,11-12,14-15,17-18,20-21,23-24,26-27,29,32,34,36-37,39-48,50-51,53-57H2,1-6H3,(H-,62,64,66,67)/p+1/b13-10-,19-16+,25-22+,30-28-,33-31+,38-35+,52-49+. The second-order valence-electron chi connectivity index (χ2n) is 20.6. The van der Waals surface area contributed by atoms with Gasteiger partial charge in [-0.15, -0.1) is 0 Å². The number of phosphoric ester groups is 1. The van der Waals surface area contributed by atoms with E-state index in [1.807, 2.05) is 94.1 Å². The molecule has 2 N–H and O–H groups in total. The van der Waals surface area contributed by atoms with Crippen LogP contribution in [0.2, 0.25) is 0 Å². The smallest absolute Gasteiger partial charge is 0.456 e. The van der Waals surface area contributed by atoms with Gasteiger partial charge in [0.05, 0.1) is 33.8 Å². The minimum Gasteiger partial charge on any atom is -0.456 e. The predicted octanol–water partition coefficient (Wildman–Crippen LogP) is 17.4. The Labute approximate surface area is 437 Å². The van der Waals surface area contributed by atoms with Crippen molar-refractivity contribution in [1.82, 2.24) is 5.32 Å². The van der Waals surface area contributed by atoms with E-state index in [4.69, 9.17) is 13.8 Å². The van der Waals surface area contributed by atoms with E-state index >= 15 is 0 Å². The Morgan fingerprint density at radius 1 is 0.507 bits per heavy atom. The molecule has 0 heterocycles. The number of nitrogens with one attached hydrogen (secondary N) is 1. The number of phosphoric acid groups is 1. The van der Waals surface area contributed by atoms with Crippen LogP contribution in [0.5, 0.6) is 0 Å². The highest BCUT2D eigenvalue weighted by Crippen LogP contribution is 2.43. The number of nitrogens with zero attached hydrogens (tertiary/aromatic N) is 1. The van der Waals surface area contributed by atoms with Crippen LogP contribution in [0, 0.1) is 0 Å². The summed E-state index contributed by atoms with van der Waals surface area (Å²) in [6, 6.07) is -0.873. The lowest BCUT2D eigenvalue weighted by Crippen LogP contribution is -2.47. The molecule has 1 amide bonds. The summed E-state index contributed by atoms with van der Waals surface area (Å²) in [5.41, 5.74) is 0. The molecule has 3 atom stereocenters. The molecule has 0 saturated heterocycles. The van der Waals surface area contributed by atoms with Gasteiger partial charge in [-0.25, -0.2) is 4.57 Å². The SMILES string of the molecule is CC\C=C/C=C/C=C/C=C\C=C\C=C\CCCCCC(=O)NC(COP(=O)(O)OCC[N+](C)(C)C)C(/C=C/CCCCCCCCCCCCC)OC(=O)CCCCCCCCCCCCCCCCC. The summed E-state index contributed by atoms with van der Waals surface area (Å²) in [4.78, 5) is 37.6. The van der Waals surface area contributed by atoms with E-state index in [1.54, 1.807) is 0 Å². The molecule has 0 radical (unpaired) electrons. The Kier molecular flexibility index (Phi) is 48.7. The molecule has 71 heavy (non-hydrogen) atoms. The Bertz CT molecular complexity index is 1490. The van der Waals surface area contributed by atoms with Crippen molar-refractivity contribution in [3.8, 4) is 0 Å². The molecule has 9 nitrogen and oxygen atoms in total. The van der Waals surface area contributed by atoms with Crippen LogP contribution in [-0.4, -0.2) is 74.3 Å². The Morgan fingerprint density at radius 2 is 0.901 bits per heavy atom. The van der Waals surface area contributed by atoms with Gasteiger partial charge in [0.25, 0.3) is 0 Å². The first-order chi connectivity index (χ1) is 34.4. The fourth-order valence-corrected chi connectivity index (χ4v) is 8.77. The van der Waals surface area contributed by atoms with Gasteiger partial charge in [0.1, 0.15) is 19.3 Å². The van der Waals surface area contributed by atoms with Crippen LogP contribution in [0.4, 0.5) is 0 Å². The summed E-state index contributed by atoms with van der Waals surface area (Å²) < 4.78 is 30.6. The number of quaternary nitrogens is 1. The van der Waals surface area contributed by atoms with Crippen LogP contribution in [0.15, 0.2) is 85.1 Å². The fraction of sp³-hybridized carbons (Fsp3) is 0.738. The van der Waals surface area contributed by atoms with Crippen molar-refractivity contribution in [2.75, 3.05) is 40.9 Å². The summed E-state index contributed by atoms with van der Waals surface area (Å²) in [6.07, 6.45) is 65.7. The van der Waals surface area contributed by atoms with Gasteiger partial charge in [-0.1, -0.05) is 260 Å². The summed E-state index contributed by atoms with van der Waals surface area (Å²) in [5, 5.41) is 3.02. The van der Waals surface area contributed by atoms with Crippen LogP contribution in [-0.2, 0) is 27.9 Å². The molecular weight excluding hydrogens is 904 g/mol. The zero-order chi connectivity index (χ0) is 52.2. The van der Waals surface area contributed by atoms with Gasteiger partial charge in [0, 0.05) is 12.8 Å². The van der Waals surface area contributed by atoms with Crippen molar-refractivity contribution in [1.29, 1.82) is 0 Å². The number of amides is 1. The van der Waals surface area contributed by atoms with Crippen molar-refractivity contribution in [2.24, 2.45) is 0 Å². The zero-order valence-corrected chi connectivity index (χ0v) is 47.6. The monoisotopic (exact) mass is 1010 g/mol. The maximum Gasteiger partial charge on any atom is 0.472 e. The van der Waals surface area contributed by atoms with Crippen LogP contribution in [0.1, 0.15) is 239 Å². The maximum atomic E-state index is 13.5. The van der Waals surface area contributed by atoms with Crippen LogP contribution in [0.3, 0.4) is 0 Å². The molecule has 0 rings (SSSR count). The molecule has 0 aliphatic carbocycles. The molecule has 3 unspecified atom stereocenters. The molecule has 0 saturated carbocycles. The van der Waals surface area contributed by atoms with Crippen molar-refractivity contribution >= 4 is 19.7 Å². The number of hydrogen-bond acceptors (Lipinski definition) is 6. The third kappa shape index (κ3) is 51.9. The Morgan fingerprint density at radius 3 is 1.37 bits per heavy atom. The maximum absolute atomic E-state index is 13.5. The second-order valence-corrected chi connectivity index (χ2v) is 22.0. The van der Waals surface area contributed by atoms with Crippen LogP contribution >= 0.6 is 7.82 Å². The summed E-state index contributed by atoms with van der Waals surface area (Å²) in [5.74, 6) is -0.555. The first-order valence-electron chi connectivity index (χ1n) is 29.0. The number of rotatable bonds is 51. The first-order valence-corrected chi connectivity index (χ1v) is 30.5. The van der Waals surface area contributed by atoms with Crippen LogP contribution in [0.25, 0.3) is 0 Å². The van der Waals surface area contributed by atoms with Crippen molar-refractivity contribution in [2.45, 2.75) is 251 Å². The minimum absolute atomic E-state index is 0.0284. The number of hydrogen-bond donors (Lipinski definition) is 2. The van der Waals surface area contributed by atoms with E-state index in [-0.39, 0.29) is 37.9 Å². The molecule has 0 aliphatic rings. The van der Waals surface area contributed by atoms with Gasteiger partial charge < -0.3 is 19.4 Å². The highest BCUT2D eigenvalue weighted by Gasteiger charge is 2.30. The summed E-state index contributed by atoms with van der Waals surface area (Å²) in [6.45, 7) is 6.83. The van der Waals surface area contributed by atoms with Crippen LogP contribution < -0.4 is 5.32 Å². The highest BCUT2D eigenvalue weighted by atomic mass is 31.2. The normalized spacial score (nSPS) is 14.4. The molecule has 10 heteroatoms. The molecule has 0 aromatic heterocycles. The first kappa shape index (κ1) is 68.2. The molecule has 0 aliphatic heterocycles. The van der Waals surface area contributed by atoms with Gasteiger partial charge in [-0.3, -0.25) is 18.6 Å². The predicted molar refractivity (Wildman–Crippen MR) is 304 cm³/mol. The van der Waals surface area contributed by atoms with Crippen molar-refractivity contribution in [3.63, 3.8) is 0 Å². The molecular formula is C61H110N2O7P+. The lowest BCUT2D eigenvalue weighted by Gasteiger charge is -2.27. The second kappa shape index (κ2) is 50.7. The third-order valence-electron chi connectivity index (χ3n) is 12.5. The topological polar surface area (TPSA) is 111 Å². The van der Waals surface area contributed by atoms with Crippen molar-refractivity contribution < 1.29 is 37.3 Å². The van der Waals surface area contributed by atoms with E-state index in [2.05, 4.69) is 38.2 Å². The van der Waals surface area contributed by atoms with Crippen molar-refractivity contribution in [3.05, 3.63) is 85.1 Å². The lowest BCUT2D eigenvalue weighted by atomic mass is 10.0. The number of unbranched alkanes of at least 4 members (excludes halogenated alkanes) is 28. The van der Waals surface area contributed by atoms with Gasteiger partial charge in [-0.05, 0) is 51.0 Å². The number of likely N-dealkylation sites (N-methyl/N-ethyl adjacent to an activating group) is 1. The number of ether oxygens (including phenoxy) is 1. The number of esters is 1. The number of carbonyl (C=O) groups is 2. The highest BCUT2D eigenvalue weighted by molar-refractivity contribution is 7.47. The van der Waals surface area contributed by atoms with E-state index in [9.17, 15) is 19.0 Å². The molecule has 410 valence electrons. The van der Waals surface area contributed by atoms with Gasteiger partial charge >= 0.3 is 13.8 Å². The third-order valence-corrected chi connectivity index (χ3v) is 13.5. The fourth-order valence-electron chi connectivity index (χ4n) is 8.03. The molecule has 0 fully saturated rings. The zero-order valence-electron chi connectivity index (χ0n) is 46.7. The molecule has 0 aromatic carbocycles. The van der Waals surface area contributed by atoms with E-state index in [1.165, 1.54) is 135 Å². The van der Waals surface area contributed by atoms with E-state index in [0.29, 0.717) is 17.4 Å². The van der Waals surface area contributed by atoms with Gasteiger partial charge in [0.2, 0.25) is 5.91 Å². The Balaban J connectivity index is 5.46. The summed E-state index contributed by atoms with van der Waals surface area (Å²) in [7, 11) is 1.46. The molecule has 0 bridgehead atoms. The van der Waals surface area contributed by atoms with Gasteiger partial charge in [0.15, 0.2) is 0 Å². The lowest BCUT2D eigenvalue weighted by molar-refractivity contribution is -0.870. The average Bonchev–Trinajstić information content (AvgIpc) is 3.33. The summed E-state index contributed by atoms with van der Waals surface area (Å²) >= 11 is 0. The van der Waals surface area contributed by atoms with E-state index < -0.39 is 20.0 Å². The molecule has 0 aromatic rings. The van der Waals surface area contributed by atoms with E-state index in [0.717, 1.165) is 64.2 Å². The Hall–Kier alpha value is -2.81. The average molecular weight is 1010 g/mol. The van der Waals surface area contributed by atoms with Gasteiger partial charge in [-0.2, -0.15) is 0 Å².